The van der Waals surface area contributed by atoms with E-state index in [1.54, 1.807) is 0 Å². The lowest BCUT2D eigenvalue weighted by Crippen LogP contribution is -2.12. The van der Waals surface area contributed by atoms with Crippen LogP contribution in [0, 0.1) is 6.92 Å². The van der Waals surface area contributed by atoms with Crippen molar-refractivity contribution in [1.29, 1.82) is 0 Å². The van der Waals surface area contributed by atoms with E-state index >= 15 is 0 Å². The van der Waals surface area contributed by atoms with Crippen LogP contribution in [0.3, 0.4) is 0 Å². The molecule has 0 bridgehead atoms. The monoisotopic (exact) mass is 208 g/mol. The Bertz CT molecular complexity index is 307. The SMILES string of the molecule is CCCC(C)Oc1ccc(C)cc1CO. The summed E-state index contributed by atoms with van der Waals surface area (Å²) < 4.78 is 5.77. The average Bonchev–Trinajstić information content (AvgIpc) is 2.21. The first kappa shape index (κ1) is 12.1. The van der Waals surface area contributed by atoms with E-state index in [-0.39, 0.29) is 12.7 Å². The van der Waals surface area contributed by atoms with Crippen molar-refractivity contribution in [2.45, 2.75) is 46.3 Å². The van der Waals surface area contributed by atoms with Gasteiger partial charge in [-0.1, -0.05) is 31.0 Å². The lowest BCUT2D eigenvalue weighted by Gasteiger charge is -2.16. The molecule has 1 atom stereocenters. The van der Waals surface area contributed by atoms with Gasteiger partial charge in [-0.3, -0.25) is 0 Å². The Hall–Kier alpha value is -1.02. The molecule has 1 unspecified atom stereocenters. The van der Waals surface area contributed by atoms with Gasteiger partial charge in [-0.15, -0.1) is 0 Å². The fourth-order valence-electron chi connectivity index (χ4n) is 1.63. The molecule has 0 heterocycles. The Labute approximate surface area is 91.9 Å². The molecule has 0 saturated carbocycles. The van der Waals surface area contributed by atoms with Crippen LogP contribution in [0.4, 0.5) is 0 Å². The van der Waals surface area contributed by atoms with Crippen LogP contribution in [0.1, 0.15) is 37.8 Å². The van der Waals surface area contributed by atoms with Crippen LogP contribution < -0.4 is 4.74 Å². The van der Waals surface area contributed by atoms with E-state index in [2.05, 4.69) is 13.8 Å². The zero-order valence-corrected chi connectivity index (χ0v) is 9.79. The fourth-order valence-corrected chi connectivity index (χ4v) is 1.63. The lowest BCUT2D eigenvalue weighted by atomic mass is 10.1. The summed E-state index contributed by atoms with van der Waals surface area (Å²) in [5.41, 5.74) is 2.02. The van der Waals surface area contributed by atoms with Gasteiger partial charge in [0.25, 0.3) is 0 Å². The molecular weight excluding hydrogens is 188 g/mol. The second-order valence-electron chi connectivity index (χ2n) is 3.99. The van der Waals surface area contributed by atoms with Crippen LogP contribution >= 0.6 is 0 Å². The normalized spacial score (nSPS) is 12.5. The predicted octanol–water partition coefficient (Wildman–Crippen LogP) is 3.05. The number of ether oxygens (including phenoxy) is 1. The highest BCUT2D eigenvalue weighted by Gasteiger charge is 2.07. The average molecular weight is 208 g/mol. The summed E-state index contributed by atoms with van der Waals surface area (Å²) in [4.78, 5) is 0. The van der Waals surface area contributed by atoms with E-state index in [0.717, 1.165) is 29.7 Å². The van der Waals surface area contributed by atoms with Crippen LogP contribution in [-0.2, 0) is 6.61 Å². The molecule has 0 amide bonds. The summed E-state index contributed by atoms with van der Waals surface area (Å²) in [5.74, 6) is 0.809. The summed E-state index contributed by atoms with van der Waals surface area (Å²) in [6, 6.07) is 5.91. The second kappa shape index (κ2) is 5.76. The van der Waals surface area contributed by atoms with Crippen molar-refractivity contribution in [3.63, 3.8) is 0 Å². The Morgan fingerprint density at radius 2 is 2.13 bits per heavy atom. The number of aliphatic hydroxyl groups is 1. The van der Waals surface area contributed by atoms with E-state index in [0.29, 0.717) is 0 Å². The quantitative estimate of drug-likeness (QED) is 0.805. The van der Waals surface area contributed by atoms with Gasteiger partial charge < -0.3 is 9.84 Å². The molecule has 2 heteroatoms. The second-order valence-corrected chi connectivity index (χ2v) is 3.99. The van der Waals surface area contributed by atoms with Crippen molar-refractivity contribution < 1.29 is 9.84 Å². The summed E-state index contributed by atoms with van der Waals surface area (Å²) in [6.07, 6.45) is 2.36. The minimum Gasteiger partial charge on any atom is -0.490 e. The van der Waals surface area contributed by atoms with Crippen molar-refractivity contribution in [2.24, 2.45) is 0 Å². The molecule has 2 nitrogen and oxygen atoms in total. The van der Waals surface area contributed by atoms with E-state index in [4.69, 9.17) is 4.74 Å². The number of aryl methyl sites for hydroxylation is 1. The highest BCUT2D eigenvalue weighted by atomic mass is 16.5. The Balaban J connectivity index is 2.75. The molecule has 1 rings (SSSR count). The number of rotatable bonds is 5. The van der Waals surface area contributed by atoms with Crippen molar-refractivity contribution >= 4 is 0 Å². The zero-order chi connectivity index (χ0) is 11.3. The number of hydrogen-bond acceptors (Lipinski definition) is 2. The maximum atomic E-state index is 9.21. The molecule has 0 spiro atoms. The van der Waals surface area contributed by atoms with Crippen LogP contribution in [0.25, 0.3) is 0 Å². The third-order valence-corrected chi connectivity index (χ3v) is 2.41. The number of aliphatic hydroxyl groups excluding tert-OH is 1. The zero-order valence-electron chi connectivity index (χ0n) is 9.79. The van der Waals surface area contributed by atoms with E-state index in [1.807, 2.05) is 25.1 Å². The fraction of sp³-hybridized carbons (Fsp3) is 0.538. The van der Waals surface area contributed by atoms with Gasteiger partial charge in [-0.05, 0) is 26.3 Å². The van der Waals surface area contributed by atoms with Crippen LogP contribution in [0.15, 0.2) is 18.2 Å². The molecule has 0 aromatic heterocycles. The maximum absolute atomic E-state index is 9.21. The van der Waals surface area contributed by atoms with Gasteiger partial charge in [0.15, 0.2) is 0 Å². The van der Waals surface area contributed by atoms with Crippen LogP contribution in [0.2, 0.25) is 0 Å². The molecule has 84 valence electrons. The lowest BCUT2D eigenvalue weighted by molar-refractivity contribution is 0.199. The molecule has 0 aliphatic rings. The molecule has 1 N–H and O–H groups in total. The summed E-state index contributed by atoms with van der Waals surface area (Å²) >= 11 is 0. The van der Waals surface area contributed by atoms with Gasteiger partial charge in [-0.2, -0.15) is 0 Å². The smallest absolute Gasteiger partial charge is 0.125 e. The third-order valence-electron chi connectivity index (χ3n) is 2.41. The Morgan fingerprint density at radius 3 is 2.73 bits per heavy atom. The van der Waals surface area contributed by atoms with Gasteiger partial charge in [0.05, 0.1) is 12.7 Å². The first-order valence-corrected chi connectivity index (χ1v) is 5.54. The largest absolute Gasteiger partial charge is 0.490 e. The van der Waals surface area contributed by atoms with Gasteiger partial charge >= 0.3 is 0 Å². The third kappa shape index (κ3) is 3.56. The Morgan fingerprint density at radius 1 is 1.40 bits per heavy atom. The van der Waals surface area contributed by atoms with Crippen molar-refractivity contribution in [2.75, 3.05) is 0 Å². The highest BCUT2D eigenvalue weighted by molar-refractivity contribution is 5.36. The van der Waals surface area contributed by atoms with Crippen molar-refractivity contribution in [1.82, 2.24) is 0 Å². The standard InChI is InChI=1S/C13H20O2/c1-4-5-11(3)15-13-7-6-10(2)8-12(13)9-14/h6-8,11,14H,4-5,9H2,1-3H3. The number of hydrogen-bond donors (Lipinski definition) is 1. The summed E-state index contributed by atoms with van der Waals surface area (Å²) in [6.45, 7) is 6.25. The van der Waals surface area contributed by atoms with E-state index in [1.165, 1.54) is 0 Å². The molecule has 15 heavy (non-hydrogen) atoms. The van der Waals surface area contributed by atoms with Gasteiger partial charge in [0.2, 0.25) is 0 Å². The van der Waals surface area contributed by atoms with Crippen molar-refractivity contribution in [3.8, 4) is 5.75 Å². The molecule has 1 aromatic rings. The van der Waals surface area contributed by atoms with Gasteiger partial charge in [0, 0.05) is 5.56 Å². The first-order valence-electron chi connectivity index (χ1n) is 5.54. The predicted molar refractivity (Wildman–Crippen MR) is 62.1 cm³/mol. The molecule has 1 aromatic carbocycles. The highest BCUT2D eigenvalue weighted by Crippen LogP contribution is 2.22. The summed E-state index contributed by atoms with van der Waals surface area (Å²) in [5, 5.41) is 9.21. The first-order chi connectivity index (χ1) is 7.17. The minimum absolute atomic E-state index is 0.0376. The van der Waals surface area contributed by atoms with Crippen molar-refractivity contribution in [3.05, 3.63) is 29.3 Å². The molecule has 0 aliphatic heterocycles. The molecule has 0 aliphatic carbocycles. The maximum Gasteiger partial charge on any atom is 0.125 e. The molecule has 0 fully saturated rings. The molecular formula is C13H20O2. The van der Waals surface area contributed by atoms with Gasteiger partial charge in [-0.25, -0.2) is 0 Å². The molecule has 0 radical (unpaired) electrons. The number of benzene rings is 1. The summed E-state index contributed by atoms with van der Waals surface area (Å²) in [7, 11) is 0. The Kier molecular flexibility index (Phi) is 4.63. The van der Waals surface area contributed by atoms with E-state index in [9.17, 15) is 5.11 Å². The van der Waals surface area contributed by atoms with Gasteiger partial charge in [0.1, 0.15) is 5.75 Å². The van der Waals surface area contributed by atoms with E-state index < -0.39 is 0 Å². The molecule has 0 saturated heterocycles. The minimum atomic E-state index is 0.0376. The van der Waals surface area contributed by atoms with Crippen LogP contribution in [-0.4, -0.2) is 11.2 Å². The topological polar surface area (TPSA) is 29.5 Å². The van der Waals surface area contributed by atoms with Crippen LogP contribution in [0.5, 0.6) is 5.75 Å².